The summed E-state index contributed by atoms with van der Waals surface area (Å²) in [4.78, 5) is 8.46. The fraction of sp³-hybridized carbons (Fsp3) is 0.333. The molecule has 0 atom stereocenters. The average Bonchev–Trinajstić information content (AvgIpc) is 2.51. The van der Waals surface area contributed by atoms with Crippen LogP contribution < -0.4 is 0 Å². The summed E-state index contributed by atoms with van der Waals surface area (Å²) < 4.78 is 42.8. The molecule has 0 fully saturated rings. The monoisotopic (exact) mass is 318 g/mol. The fourth-order valence-electron chi connectivity index (χ4n) is 2.84. The summed E-state index contributed by atoms with van der Waals surface area (Å²) in [5, 5.41) is 0. The second-order valence-electron chi connectivity index (χ2n) is 6.22. The molecular formula is C18H17F3N2. The van der Waals surface area contributed by atoms with Gasteiger partial charge in [0.2, 0.25) is 0 Å². The molecule has 0 amide bonds. The van der Waals surface area contributed by atoms with Crippen LogP contribution in [0.25, 0.3) is 0 Å². The van der Waals surface area contributed by atoms with Gasteiger partial charge < -0.3 is 0 Å². The van der Waals surface area contributed by atoms with Crippen molar-refractivity contribution in [1.29, 1.82) is 0 Å². The number of aliphatic imine (C=N–C) groups is 1. The van der Waals surface area contributed by atoms with Crippen LogP contribution in [0.15, 0.2) is 41.4 Å². The minimum absolute atomic E-state index is 0.0830. The molecular weight excluding hydrogens is 301 g/mol. The number of aromatic nitrogens is 1. The number of rotatable bonds is 2. The summed E-state index contributed by atoms with van der Waals surface area (Å²) in [5.74, 6) is -3.10. The molecule has 23 heavy (non-hydrogen) atoms. The smallest absolute Gasteiger partial charge is 0.271 e. The number of nitrogens with zero attached hydrogens (tertiary/aromatic N) is 2. The molecule has 0 saturated heterocycles. The van der Waals surface area contributed by atoms with Gasteiger partial charge in [0.15, 0.2) is 0 Å². The maximum absolute atomic E-state index is 14.7. The van der Waals surface area contributed by atoms with Crippen LogP contribution in [0.3, 0.4) is 0 Å². The molecule has 0 N–H and O–H groups in total. The summed E-state index contributed by atoms with van der Waals surface area (Å²) in [6.45, 7) is 3.77. The Balaban J connectivity index is 2.30. The zero-order valence-electron chi connectivity index (χ0n) is 13.2. The number of hydrogen-bond acceptors (Lipinski definition) is 2. The van der Waals surface area contributed by atoms with E-state index in [9.17, 15) is 13.2 Å². The van der Waals surface area contributed by atoms with Crippen molar-refractivity contribution in [2.45, 2.75) is 38.9 Å². The Morgan fingerprint density at radius 1 is 1.00 bits per heavy atom. The topological polar surface area (TPSA) is 25.2 Å². The van der Waals surface area contributed by atoms with E-state index in [1.807, 2.05) is 0 Å². The van der Waals surface area contributed by atoms with Gasteiger partial charge in [-0.3, -0.25) is 9.98 Å². The third-order valence-electron chi connectivity index (χ3n) is 4.18. The van der Waals surface area contributed by atoms with Crippen molar-refractivity contribution in [2.24, 2.45) is 4.99 Å². The van der Waals surface area contributed by atoms with Crippen molar-refractivity contribution >= 4 is 5.71 Å². The molecule has 3 rings (SSSR count). The lowest BCUT2D eigenvalue weighted by molar-refractivity contribution is -0.0682. The largest absolute Gasteiger partial charge is 0.297 e. The van der Waals surface area contributed by atoms with Crippen LogP contribution in [0, 0.1) is 6.92 Å². The third-order valence-corrected chi connectivity index (χ3v) is 4.18. The van der Waals surface area contributed by atoms with E-state index in [2.05, 4.69) is 9.98 Å². The maximum atomic E-state index is 14.7. The maximum Gasteiger partial charge on any atom is 0.297 e. The van der Waals surface area contributed by atoms with E-state index in [-0.39, 0.29) is 11.3 Å². The highest BCUT2D eigenvalue weighted by Gasteiger charge is 2.52. The standard InChI is InChI=1S/C18H17F3N2/c1-11-8-9-13(15(10-19)22-11)16-12-6-4-5-7-14(12)18(20,21)17(2,3)23-16/h4-9H,10H2,1-3H3. The van der Waals surface area contributed by atoms with E-state index in [1.165, 1.54) is 19.9 Å². The van der Waals surface area contributed by atoms with Gasteiger partial charge in [-0.25, -0.2) is 4.39 Å². The highest BCUT2D eigenvalue weighted by Crippen LogP contribution is 2.46. The van der Waals surface area contributed by atoms with Crippen LogP contribution in [-0.4, -0.2) is 16.2 Å². The van der Waals surface area contributed by atoms with Gasteiger partial charge in [0.05, 0.1) is 11.4 Å². The molecule has 0 aliphatic carbocycles. The molecule has 1 aromatic heterocycles. The zero-order chi connectivity index (χ0) is 16.8. The van der Waals surface area contributed by atoms with Crippen molar-refractivity contribution in [3.63, 3.8) is 0 Å². The van der Waals surface area contributed by atoms with E-state index < -0.39 is 18.1 Å². The number of benzene rings is 1. The number of hydrogen-bond donors (Lipinski definition) is 0. The molecule has 2 aromatic rings. The Morgan fingerprint density at radius 2 is 1.70 bits per heavy atom. The molecule has 2 nitrogen and oxygen atoms in total. The van der Waals surface area contributed by atoms with Crippen molar-refractivity contribution in [2.75, 3.05) is 0 Å². The molecule has 0 saturated carbocycles. The number of halogens is 3. The molecule has 1 aromatic carbocycles. The first kappa shape index (κ1) is 15.7. The average molecular weight is 318 g/mol. The van der Waals surface area contributed by atoms with E-state index in [4.69, 9.17) is 0 Å². The van der Waals surface area contributed by atoms with Crippen LogP contribution >= 0.6 is 0 Å². The lowest BCUT2D eigenvalue weighted by atomic mass is 9.81. The second kappa shape index (κ2) is 5.18. The van der Waals surface area contributed by atoms with Crippen molar-refractivity contribution in [1.82, 2.24) is 4.98 Å². The molecule has 0 radical (unpaired) electrons. The fourth-order valence-corrected chi connectivity index (χ4v) is 2.84. The first-order chi connectivity index (χ1) is 10.8. The normalized spacial score (nSPS) is 18.3. The zero-order valence-corrected chi connectivity index (χ0v) is 13.2. The van der Waals surface area contributed by atoms with Crippen LogP contribution in [0.5, 0.6) is 0 Å². The number of fused-ring (bicyclic) bond motifs is 1. The highest BCUT2D eigenvalue weighted by atomic mass is 19.3. The lowest BCUT2D eigenvalue weighted by Crippen LogP contribution is -2.44. The number of aryl methyl sites for hydroxylation is 1. The minimum Gasteiger partial charge on any atom is -0.271 e. The van der Waals surface area contributed by atoms with Crippen molar-refractivity contribution in [3.8, 4) is 0 Å². The van der Waals surface area contributed by atoms with Gasteiger partial charge >= 0.3 is 0 Å². The van der Waals surface area contributed by atoms with E-state index in [0.717, 1.165) is 0 Å². The Morgan fingerprint density at radius 3 is 2.39 bits per heavy atom. The summed E-state index contributed by atoms with van der Waals surface area (Å²) >= 11 is 0. The molecule has 120 valence electrons. The van der Waals surface area contributed by atoms with Gasteiger partial charge in [0.25, 0.3) is 5.92 Å². The first-order valence-corrected chi connectivity index (χ1v) is 7.38. The molecule has 0 spiro atoms. The second-order valence-corrected chi connectivity index (χ2v) is 6.22. The van der Waals surface area contributed by atoms with Gasteiger partial charge in [-0.1, -0.05) is 24.3 Å². The summed E-state index contributed by atoms with van der Waals surface area (Å²) in [6.07, 6.45) is 0. The summed E-state index contributed by atoms with van der Waals surface area (Å²) in [7, 11) is 0. The Bertz CT molecular complexity index is 795. The number of alkyl halides is 3. The van der Waals surface area contributed by atoms with E-state index in [0.29, 0.717) is 22.5 Å². The van der Waals surface area contributed by atoms with Crippen LogP contribution in [0.2, 0.25) is 0 Å². The Labute approximate surface area is 133 Å². The SMILES string of the molecule is Cc1ccc(C2=NC(C)(C)C(F)(F)c3ccccc32)c(CF)n1. The molecule has 2 heterocycles. The molecule has 1 aliphatic rings. The van der Waals surface area contributed by atoms with Crippen LogP contribution in [0.4, 0.5) is 13.2 Å². The van der Waals surface area contributed by atoms with Crippen LogP contribution in [-0.2, 0) is 12.6 Å². The Kier molecular flexibility index (Phi) is 3.54. The highest BCUT2D eigenvalue weighted by molar-refractivity contribution is 6.15. The van der Waals surface area contributed by atoms with Crippen molar-refractivity contribution in [3.05, 3.63) is 64.5 Å². The predicted molar refractivity (Wildman–Crippen MR) is 83.8 cm³/mol. The number of pyridine rings is 1. The van der Waals surface area contributed by atoms with Crippen molar-refractivity contribution < 1.29 is 13.2 Å². The van der Waals surface area contributed by atoms with Gasteiger partial charge in [-0.15, -0.1) is 0 Å². The molecule has 0 unspecified atom stereocenters. The van der Waals surface area contributed by atoms with E-state index >= 15 is 0 Å². The molecule has 1 aliphatic heterocycles. The van der Waals surface area contributed by atoms with Gasteiger partial charge in [-0.05, 0) is 32.9 Å². The summed E-state index contributed by atoms with van der Waals surface area (Å²) in [6, 6.07) is 9.70. The quantitative estimate of drug-likeness (QED) is 0.795. The minimum atomic E-state index is -3.10. The third kappa shape index (κ3) is 2.35. The van der Waals surface area contributed by atoms with E-state index in [1.54, 1.807) is 37.3 Å². The van der Waals surface area contributed by atoms with Crippen LogP contribution in [0.1, 0.15) is 41.9 Å². The van der Waals surface area contributed by atoms with Gasteiger partial charge in [0, 0.05) is 22.4 Å². The summed E-state index contributed by atoms with van der Waals surface area (Å²) in [5.41, 5.74) is 0.369. The molecule has 0 bridgehead atoms. The molecule has 5 heteroatoms. The lowest BCUT2D eigenvalue weighted by Gasteiger charge is -2.37. The van der Waals surface area contributed by atoms with Gasteiger partial charge in [0.1, 0.15) is 12.2 Å². The predicted octanol–water partition coefficient (Wildman–Crippen LogP) is 4.58. The van der Waals surface area contributed by atoms with Gasteiger partial charge in [-0.2, -0.15) is 8.78 Å². The first-order valence-electron chi connectivity index (χ1n) is 7.38. The Hall–Kier alpha value is -2.17.